The average Bonchev–Trinajstić information content (AvgIpc) is 3.17. The van der Waals surface area contributed by atoms with Crippen molar-refractivity contribution in [3.63, 3.8) is 0 Å². The molecule has 2 N–H and O–H groups in total. The summed E-state index contributed by atoms with van der Waals surface area (Å²) in [6.45, 7) is 2.44. The maximum absolute atomic E-state index is 11.5. The summed E-state index contributed by atoms with van der Waals surface area (Å²) in [5, 5.41) is 5.23. The highest BCUT2D eigenvalue weighted by Crippen LogP contribution is 2.47. The molecule has 0 aromatic carbocycles. The van der Waals surface area contributed by atoms with E-state index in [9.17, 15) is 8.42 Å². The Hall–Kier alpha value is -0.850. The van der Waals surface area contributed by atoms with Crippen LogP contribution in [0.15, 0.2) is 16.5 Å². The summed E-state index contributed by atoms with van der Waals surface area (Å²) in [5.41, 5.74) is 0. The van der Waals surface area contributed by atoms with Crippen molar-refractivity contribution in [2.45, 2.75) is 44.7 Å². The van der Waals surface area contributed by atoms with Crippen LogP contribution >= 0.6 is 0 Å². The maximum atomic E-state index is 11.5. The molecule has 0 unspecified atom stereocenters. The van der Waals surface area contributed by atoms with Gasteiger partial charge in [-0.2, -0.15) is 12.7 Å². The molecule has 0 saturated heterocycles. The predicted octanol–water partition coefficient (Wildman–Crippen LogP) is 1.57. The molecule has 6 heteroatoms. The van der Waals surface area contributed by atoms with Gasteiger partial charge < -0.3 is 4.42 Å². The van der Waals surface area contributed by atoms with Crippen molar-refractivity contribution in [3.05, 3.63) is 23.7 Å². The lowest BCUT2D eigenvalue weighted by molar-refractivity contribution is 0.348. The number of hydrogen-bond acceptors (Lipinski definition) is 3. The molecule has 1 aromatic rings. The first-order chi connectivity index (χ1) is 8.45. The van der Waals surface area contributed by atoms with Gasteiger partial charge in [-0.1, -0.05) is 6.92 Å². The van der Waals surface area contributed by atoms with Crippen LogP contribution in [-0.2, 0) is 16.8 Å². The monoisotopic (exact) mass is 270 g/mol. The van der Waals surface area contributed by atoms with Gasteiger partial charge in [0.1, 0.15) is 11.5 Å². The minimum absolute atomic E-state index is 0.0633. The quantitative estimate of drug-likeness (QED) is 0.882. The zero-order valence-corrected chi connectivity index (χ0v) is 11.2. The van der Waals surface area contributed by atoms with E-state index in [1.54, 1.807) is 0 Å². The molecule has 1 aromatic heterocycles. The molecule has 18 heavy (non-hydrogen) atoms. The van der Waals surface area contributed by atoms with Crippen LogP contribution in [0.25, 0.3) is 0 Å². The van der Waals surface area contributed by atoms with Crippen molar-refractivity contribution >= 4 is 10.2 Å². The molecule has 2 atom stereocenters. The van der Waals surface area contributed by atoms with Crippen molar-refractivity contribution in [2.75, 3.05) is 0 Å². The molecule has 2 aliphatic carbocycles. The largest absolute Gasteiger partial charge is 0.464 e. The minimum Gasteiger partial charge on any atom is -0.464 e. The topological polar surface area (TPSA) is 76.5 Å². The van der Waals surface area contributed by atoms with Crippen molar-refractivity contribution in [2.24, 2.45) is 11.1 Å². The van der Waals surface area contributed by atoms with Gasteiger partial charge >= 0.3 is 0 Å². The van der Waals surface area contributed by atoms with Gasteiger partial charge in [0, 0.05) is 12.0 Å². The van der Waals surface area contributed by atoms with Crippen LogP contribution in [0.2, 0.25) is 0 Å². The van der Waals surface area contributed by atoms with E-state index >= 15 is 0 Å². The fourth-order valence-electron chi connectivity index (χ4n) is 2.34. The van der Waals surface area contributed by atoms with Gasteiger partial charge in [0.05, 0.1) is 6.54 Å². The normalized spacial score (nSPS) is 27.7. The fraction of sp³-hybridized carbons (Fsp3) is 0.667. The summed E-state index contributed by atoms with van der Waals surface area (Å²) < 4.78 is 30.0. The van der Waals surface area contributed by atoms with E-state index in [4.69, 9.17) is 9.56 Å². The second-order valence-corrected chi connectivity index (χ2v) is 6.94. The van der Waals surface area contributed by atoms with Gasteiger partial charge in [0.25, 0.3) is 10.2 Å². The van der Waals surface area contributed by atoms with E-state index < -0.39 is 10.2 Å². The molecule has 5 nitrogen and oxygen atoms in total. The highest BCUT2D eigenvalue weighted by Gasteiger charge is 2.38. The summed E-state index contributed by atoms with van der Waals surface area (Å²) in [7, 11) is -3.63. The average molecular weight is 270 g/mol. The SMILES string of the molecule is C[C@H]1C[C@H]1c1ccc(CN(C2CC2)S(N)(=O)=O)o1. The zero-order chi connectivity index (χ0) is 12.9. The Morgan fingerprint density at radius 3 is 2.61 bits per heavy atom. The first-order valence-corrected chi connectivity index (χ1v) is 7.83. The summed E-state index contributed by atoms with van der Waals surface area (Å²) in [6.07, 6.45) is 2.95. The smallest absolute Gasteiger partial charge is 0.277 e. The summed E-state index contributed by atoms with van der Waals surface area (Å²) in [5.74, 6) is 2.86. The number of furan rings is 1. The van der Waals surface area contributed by atoms with E-state index in [1.165, 1.54) is 4.31 Å². The molecule has 3 rings (SSSR count). The van der Waals surface area contributed by atoms with E-state index in [1.807, 2.05) is 12.1 Å². The van der Waals surface area contributed by atoms with Crippen LogP contribution in [0, 0.1) is 5.92 Å². The van der Waals surface area contributed by atoms with Gasteiger partial charge in [-0.05, 0) is 37.3 Å². The lowest BCUT2D eigenvalue weighted by Gasteiger charge is -2.17. The molecule has 2 saturated carbocycles. The van der Waals surface area contributed by atoms with Gasteiger partial charge in [-0.3, -0.25) is 0 Å². The molecule has 2 fully saturated rings. The Kier molecular flexibility index (Phi) is 2.76. The summed E-state index contributed by atoms with van der Waals surface area (Å²) in [6, 6.07) is 3.88. The number of nitrogens with two attached hydrogens (primary N) is 1. The van der Waals surface area contributed by atoms with Crippen LogP contribution < -0.4 is 5.14 Å². The second-order valence-electron chi connectivity index (χ2n) is 5.44. The number of rotatable bonds is 5. The molecule has 0 bridgehead atoms. The molecule has 100 valence electrons. The number of nitrogens with zero attached hydrogens (tertiary/aromatic N) is 1. The molecule has 0 amide bonds. The standard InChI is InChI=1S/C12H18N2O3S/c1-8-6-11(8)12-5-4-10(17-12)7-14(9-2-3-9)18(13,15)16/h4-5,8-9,11H,2-3,6-7H2,1H3,(H2,13,15,16)/t8-,11+/m0/s1. The van der Waals surface area contributed by atoms with Crippen LogP contribution in [0.3, 0.4) is 0 Å². The van der Waals surface area contributed by atoms with Gasteiger partial charge in [0.2, 0.25) is 0 Å². The Balaban J connectivity index is 1.73. The van der Waals surface area contributed by atoms with Gasteiger partial charge in [-0.25, -0.2) is 5.14 Å². The molecular formula is C12H18N2O3S. The minimum atomic E-state index is -3.63. The lowest BCUT2D eigenvalue weighted by atomic mass is 10.3. The highest BCUT2D eigenvalue weighted by atomic mass is 32.2. The Labute approximate surface area is 107 Å². The van der Waals surface area contributed by atoms with Crippen LogP contribution in [0.5, 0.6) is 0 Å². The number of hydrogen-bond donors (Lipinski definition) is 1. The van der Waals surface area contributed by atoms with E-state index in [0.29, 0.717) is 17.6 Å². The Morgan fingerprint density at radius 2 is 2.11 bits per heavy atom. The molecule has 1 heterocycles. The third kappa shape index (κ3) is 2.46. The highest BCUT2D eigenvalue weighted by molar-refractivity contribution is 7.86. The zero-order valence-electron chi connectivity index (χ0n) is 10.4. The maximum Gasteiger partial charge on any atom is 0.277 e. The van der Waals surface area contributed by atoms with Crippen LogP contribution in [-0.4, -0.2) is 18.8 Å². The van der Waals surface area contributed by atoms with Crippen LogP contribution in [0.1, 0.15) is 43.6 Å². The first-order valence-electron chi connectivity index (χ1n) is 6.33. The third-order valence-corrected chi connectivity index (χ3v) is 4.83. The molecule has 0 aliphatic heterocycles. The van der Waals surface area contributed by atoms with Crippen molar-refractivity contribution in [1.82, 2.24) is 4.31 Å². The van der Waals surface area contributed by atoms with Crippen molar-refractivity contribution < 1.29 is 12.8 Å². The molecular weight excluding hydrogens is 252 g/mol. The summed E-state index contributed by atoms with van der Waals surface area (Å²) in [4.78, 5) is 0. The van der Waals surface area contributed by atoms with Crippen molar-refractivity contribution in [1.29, 1.82) is 0 Å². The van der Waals surface area contributed by atoms with Gasteiger partial charge in [0.15, 0.2) is 0 Å². The van der Waals surface area contributed by atoms with E-state index in [0.717, 1.165) is 25.0 Å². The first kappa shape index (κ1) is 12.2. The van der Waals surface area contributed by atoms with E-state index in [-0.39, 0.29) is 12.6 Å². The third-order valence-electron chi connectivity index (χ3n) is 3.75. The molecule has 0 spiro atoms. The van der Waals surface area contributed by atoms with E-state index in [2.05, 4.69) is 6.92 Å². The second kappa shape index (κ2) is 4.08. The predicted molar refractivity (Wildman–Crippen MR) is 66.9 cm³/mol. The molecule has 0 radical (unpaired) electrons. The summed E-state index contributed by atoms with van der Waals surface area (Å²) >= 11 is 0. The van der Waals surface area contributed by atoms with Crippen LogP contribution in [0.4, 0.5) is 0 Å². The van der Waals surface area contributed by atoms with Gasteiger partial charge in [-0.15, -0.1) is 0 Å². The molecule has 2 aliphatic rings. The Bertz CT molecular complexity index is 547. The van der Waals surface area contributed by atoms with Crippen molar-refractivity contribution in [3.8, 4) is 0 Å². The Morgan fingerprint density at radius 1 is 1.44 bits per heavy atom. The fourth-order valence-corrected chi connectivity index (χ4v) is 3.27. The lowest BCUT2D eigenvalue weighted by Crippen LogP contribution is -2.37.